The lowest BCUT2D eigenvalue weighted by molar-refractivity contribution is -0.120. The third-order valence-electron chi connectivity index (χ3n) is 5.56. The first-order valence-corrected chi connectivity index (χ1v) is 12.2. The molecule has 7 heteroatoms. The largest absolute Gasteiger partial charge is 0.372 e. The van der Waals surface area contributed by atoms with Gasteiger partial charge < -0.3 is 10.2 Å². The molecule has 1 fully saturated rings. The molecular weight excluding hydrogens is 398 g/mol. The van der Waals surface area contributed by atoms with Gasteiger partial charge in [0.1, 0.15) is 6.54 Å². The Balaban J connectivity index is 1.69. The fourth-order valence-electron chi connectivity index (χ4n) is 3.82. The smallest absolute Gasteiger partial charge is 0.241 e. The minimum atomic E-state index is -3.60. The summed E-state index contributed by atoms with van der Waals surface area (Å²) in [5.74, 6) is -0.336. The van der Waals surface area contributed by atoms with Crippen LogP contribution in [0.3, 0.4) is 0 Å². The van der Waals surface area contributed by atoms with Crippen molar-refractivity contribution in [1.82, 2.24) is 5.32 Å². The van der Waals surface area contributed by atoms with E-state index in [0.29, 0.717) is 5.69 Å². The van der Waals surface area contributed by atoms with E-state index in [9.17, 15) is 13.2 Å². The van der Waals surface area contributed by atoms with Crippen molar-refractivity contribution in [2.24, 2.45) is 0 Å². The van der Waals surface area contributed by atoms with Crippen LogP contribution in [-0.4, -0.2) is 40.2 Å². The monoisotopic (exact) mass is 429 g/mol. The average Bonchev–Trinajstić information content (AvgIpc) is 3.22. The molecule has 30 heavy (non-hydrogen) atoms. The van der Waals surface area contributed by atoms with Crippen molar-refractivity contribution >= 4 is 27.3 Å². The van der Waals surface area contributed by atoms with Gasteiger partial charge in [0.05, 0.1) is 18.0 Å². The molecular formula is C23H31N3O3S. The molecule has 0 saturated carbocycles. The lowest BCUT2D eigenvalue weighted by atomic mass is 10.1. The highest BCUT2D eigenvalue weighted by molar-refractivity contribution is 7.92. The van der Waals surface area contributed by atoms with Gasteiger partial charge in [-0.05, 0) is 68.5 Å². The molecule has 1 unspecified atom stereocenters. The van der Waals surface area contributed by atoms with Gasteiger partial charge in [0.15, 0.2) is 0 Å². The van der Waals surface area contributed by atoms with Crippen molar-refractivity contribution in [1.29, 1.82) is 0 Å². The second-order valence-electron chi connectivity index (χ2n) is 8.13. The number of amides is 1. The van der Waals surface area contributed by atoms with E-state index >= 15 is 0 Å². The summed E-state index contributed by atoms with van der Waals surface area (Å²) in [5, 5.41) is 2.93. The third-order valence-corrected chi connectivity index (χ3v) is 6.69. The van der Waals surface area contributed by atoms with Crippen molar-refractivity contribution in [2.45, 2.75) is 39.7 Å². The molecule has 6 nitrogen and oxygen atoms in total. The zero-order chi connectivity index (χ0) is 21.9. The van der Waals surface area contributed by atoms with Crippen LogP contribution < -0.4 is 14.5 Å². The van der Waals surface area contributed by atoms with E-state index in [2.05, 4.69) is 22.3 Å². The van der Waals surface area contributed by atoms with Crippen LogP contribution in [0.25, 0.3) is 0 Å². The molecule has 0 aromatic heterocycles. The second kappa shape index (κ2) is 9.08. The van der Waals surface area contributed by atoms with Crippen molar-refractivity contribution in [2.75, 3.05) is 35.1 Å². The summed E-state index contributed by atoms with van der Waals surface area (Å²) in [6.45, 7) is 7.58. The highest BCUT2D eigenvalue weighted by Crippen LogP contribution is 2.25. The molecule has 1 saturated heterocycles. The molecule has 1 aliphatic heterocycles. The zero-order valence-corrected chi connectivity index (χ0v) is 19.0. The van der Waals surface area contributed by atoms with Crippen molar-refractivity contribution in [3.63, 3.8) is 0 Å². The molecule has 1 heterocycles. The summed E-state index contributed by atoms with van der Waals surface area (Å²) < 4.78 is 26.0. The van der Waals surface area contributed by atoms with Crippen molar-refractivity contribution in [3.05, 3.63) is 59.2 Å². The van der Waals surface area contributed by atoms with Gasteiger partial charge in [-0.2, -0.15) is 0 Å². The summed E-state index contributed by atoms with van der Waals surface area (Å²) in [5.41, 5.74) is 4.48. The highest BCUT2D eigenvalue weighted by Gasteiger charge is 2.23. The van der Waals surface area contributed by atoms with Crippen LogP contribution in [0.15, 0.2) is 42.5 Å². The molecule has 1 N–H and O–H groups in total. The molecule has 0 radical (unpaired) electrons. The Morgan fingerprint density at radius 3 is 2.33 bits per heavy atom. The molecule has 2 aromatic rings. The van der Waals surface area contributed by atoms with E-state index in [1.54, 1.807) is 6.07 Å². The Kier molecular flexibility index (Phi) is 6.71. The van der Waals surface area contributed by atoms with Crippen LogP contribution in [-0.2, 0) is 14.8 Å². The fraction of sp³-hybridized carbons (Fsp3) is 0.435. The zero-order valence-electron chi connectivity index (χ0n) is 18.2. The number of hydrogen-bond acceptors (Lipinski definition) is 4. The van der Waals surface area contributed by atoms with E-state index in [1.165, 1.54) is 22.8 Å². The Labute approximate surface area is 179 Å². The minimum absolute atomic E-state index is 0.217. The number of nitrogens with zero attached hydrogens (tertiary/aromatic N) is 2. The number of carbonyl (C=O) groups is 1. The lowest BCUT2D eigenvalue weighted by Crippen LogP contribution is -2.41. The quantitative estimate of drug-likeness (QED) is 0.731. The lowest BCUT2D eigenvalue weighted by Gasteiger charge is -2.25. The molecule has 0 spiro atoms. The fourth-order valence-corrected chi connectivity index (χ4v) is 4.72. The molecule has 2 aromatic carbocycles. The molecule has 1 atom stereocenters. The standard InChI is InChI=1S/C23H31N3O3S/c1-17-7-8-18(2)22(15-17)26(30(4,28)29)16-23(27)24-19(3)20-9-11-21(12-10-20)25-13-5-6-14-25/h7-12,15,19H,5-6,13-14,16H2,1-4H3,(H,24,27). The first kappa shape index (κ1) is 22.2. The maximum atomic E-state index is 12.7. The number of hydrogen-bond donors (Lipinski definition) is 1. The molecule has 0 aliphatic carbocycles. The van der Waals surface area contributed by atoms with Gasteiger partial charge in [0.2, 0.25) is 15.9 Å². The van der Waals surface area contributed by atoms with Crippen molar-refractivity contribution < 1.29 is 13.2 Å². The Morgan fingerprint density at radius 2 is 1.73 bits per heavy atom. The summed E-state index contributed by atoms with van der Waals surface area (Å²) in [7, 11) is -3.60. The van der Waals surface area contributed by atoms with Gasteiger partial charge in [-0.15, -0.1) is 0 Å². The van der Waals surface area contributed by atoms with Gasteiger partial charge in [-0.25, -0.2) is 8.42 Å². The number of aryl methyl sites for hydroxylation is 2. The average molecular weight is 430 g/mol. The number of benzene rings is 2. The first-order valence-electron chi connectivity index (χ1n) is 10.3. The van der Waals surface area contributed by atoms with E-state index in [-0.39, 0.29) is 18.5 Å². The van der Waals surface area contributed by atoms with Gasteiger partial charge in [0, 0.05) is 18.8 Å². The van der Waals surface area contributed by atoms with E-state index in [4.69, 9.17) is 0 Å². The van der Waals surface area contributed by atoms with Crippen LogP contribution in [0.4, 0.5) is 11.4 Å². The van der Waals surface area contributed by atoms with E-state index in [0.717, 1.165) is 36.0 Å². The maximum Gasteiger partial charge on any atom is 0.241 e. The van der Waals surface area contributed by atoms with Gasteiger partial charge >= 0.3 is 0 Å². The minimum Gasteiger partial charge on any atom is -0.372 e. The van der Waals surface area contributed by atoms with Gasteiger partial charge in [-0.1, -0.05) is 24.3 Å². The van der Waals surface area contributed by atoms with Crippen LogP contribution >= 0.6 is 0 Å². The third kappa shape index (κ3) is 5.33. The van der Waals surface area contributed by atoms with Gasteiger partial charge in [-0.3, -0.25) is 9.10 Å². The van der Waals surface area contributed by atoms with Crippen LogP contribution in [0.2, 0.25) is 0 Å². The predicted octanol–water partition coefficient (Wildman–Crippen LogP) is 3.55. The maximum absolute atomic E-state index is 12.7. The van der Waals surface area contributed by atoms with Crippen LogP contribution in [0.5, 0.6) is 0 Å². The molecule has 162 valence electrons. The highest BCUT2D eigenvalue weighted by atomic mass is 32.2. The van der Waals surface area contributed by atoms with Crippen LogP contribution in [0.1, 0.15) is 42.5 Å². The number of carbonyl (C=O) groups excluding carboxylic acids is 1. The number of anilines is 2. The molecule has 3 rings (SSSR count). The predicted molar refractivity (Wildman–Crippen MR) is 123 cm³/mol. The number of nitrogens with one attached hydrogen (secondary N) is 1. The Bertz CT molecular complexity index is 997. The molecule has 0 bridgehead atoms. The van der Waals surface area contributed by atoms with Crippen molar-refractivity contribution in [3.8, 4) is 0 Å². The van der Waals surface area contributed by atoms with Crippen LogP contribution in [0, 0.1) is 13.8 Å². The summed E-state index contributed by atoms with van der Waals surface area (Å²) in [6.07, 6.45) is 3.58. The topological polar surface area (TPSA) is 69.7 Å². The van der Waals surface area contributed by atoms with E-state index < -0.39 is 10.0 Å². The summed E-state index contributed by atoms with van der Waals surface area (Å²) in [4.78, 5) is 15.1. The number of rotatable bonds is 7. The summed E-state index contributed by atoms with van der Waals surface area (Å²) >= 11 is 0. The number of sulfonamides is 1. The second-order valence-corrected chi connectivity index (χ2v) is 10.0. The molecule has 1 aliphatic rings. The van der Waals surface area contributed by atoms with Gasteiger partial charge in [0.25, 0.3) is 0 Å². The Morgan fingerprint density at radius 1 is 1.10 bits per heavy atom. The van der Waals surface area contributed by atoms with E-state index in [1.807, 2.05) is 45.0 Å². The molecule has 1 amide bonds. The normalized spacial score (nSPS) is 15.1. The first-order chi connectivity index (χ1) is 14.1. The SMILES string of the molecule is Cc1ccc(C)c(N(CC(=O)NC(C)c2ccc(N3CCCC3)cc2)S(C)(=O)=O)c1. The summed E-state index contributed by atoms with van der Waals surface area (Å²) in [6, 6.07) is 13.6. The Hall–Kier alpha value is -2.54.